The summed E-state index contributed by atoms with van der Waals surface area (Å²) in [5, 5.41) is 9.00. The summed E-state index contributed by atoms with van der Waals surface area (Å²) in [5.41, 5.74) is 3.26. The lowest BCUT2D eigenvalue weighted by Gasteiger charge is -2.28. The fourth-order valence-electron chi connectivity index (χ4n) is 4.35. The van der Waals surface area contributed by atoms with Crippen LogP contribution in [0.2, 0.25) is 5.02 Å². The monoisotopic (exact) mass is 578 g/mol. The molecule has 3 aromatic carbocycles. The summed E-state index contributed by atoms with van der Waals surface area (Å²) in [6.45, 7) is 4.36. The summed E-state index contributed by atoms with van der Waals surface area (Å²) in [6, 6.07) is 21.0. The van der Waals surface area contributed by atoms with Gasteiger partial charge in [-0.2, -0.15) is 4.98 Å². The lowest BCUT2D eigenvalue weighted by molar-refractivity contribution is -0.139. The average molecular weight is 579 g/mol. The number of esters is 1. The number of hydrogen-bond acceptors (Lipinski definition) is 7. The van der Waals surface area contributed by atoms with Crippen molar-refractivity contribution in [1.29, 1.82) is 0 Å². The molecule has 206 valence electrons. The van der Waals surface area contributed by atoms with Crippen molar-refractivity contribution in [3.05, 3.63) is 112 Å². The molecule has 1 atom stereocenters. The number of nitrogens with zero attached hydrogens (tertiary/aromatic N) is 3. The van der Waals surface area contributed by atoms with Gasteiger partial charge in [0.2, 0.25) is 11.1 Å². The Hall–Kier alpha value is -3.82. The zero-order chi connectivity index (χ0) is 28.1. The zero-order valence-electron chi connectivity index (χ0n) is 22.1. The van der Waals surface area contributed by atoms with E-state index in [0.717, 1.165) is 11.1 Å². The molecule has 5 rings (SSSR count). The summed E-state index contributed by atoms with van der Waals surface area (Å²) in [6.07, 6.45) is 0.701. The fourth-order valence-corrected chi connectivity index (χ4v) is 5.35. The van der Waals surface area contributed by atoms with Gasteiger partial charge in [0, 0.05) is 22.0 Å². The zero-order valence-corrected chi connectivity index (χ0v) is 23.6. The topological polar surface area (TPSA) is 78.3 Å². The molecule has 0 saturated heterocycles. The van der Waals surface area contributed by atoms with E-state index in [-0.39, 0.29) is 5.82 Å². The highest BCUT2D eigenvalue weighted by atomic mass is 35.5. The average Bonchev–Trinajstić information content (AvgIpc) is 3.36. The van der Waals surface area contributed by atoms with Gasteiger partial charge in [0.25, 0.3) is 0 Å². The predicted molar refractivity (Wildman–Crippen MR) is 154 cm³/mol. The van der Waals surface area contributed by atoms with E-state index in [1.54, 1.807) is 22.9 Å². The predicted octanol–water partition coefficient (Wildman–Crippen LogP) is 7.18. The smallest absolute Gasteiger partial charge is 0.338 e. The third-order valence-corrected chi connectivity index (χ3v) is 7.59. The van der Waals surface area contributed by atoms with Crippen LogP contribution in [0.5, 0.6) is 5.75 Å². The molecule has 0 aliphatic carbocycles. The number of hydrogen-bond donors (Lipinski definition) is 1. The molecule has 0 bridgehead atoms. The van der Waals surface area contributed by atoms with Crippen LogP contribution in [-0.4, -0.2) is 27.3 Å². The van der Waals surface area contributed by atoms with Gasteiger partial charge in [-0.1, -0.05) is 78.8 Å². The van der Waals surface area contributed by atoms with Crippen molar-refractivity contribution in [2.75, 3.05) is 11.9 Å². The van der Waals surface area contributed by atoms with Gasteiger partial charge in [-0.15, -0.1) is 5.10 Å². The Labute approximate surface area is 241 Å². The van der Waals surface area contributed by atoms with Crippen LogP contribution in [0.1, 0.15) is 43.0 Å². The van der Waals surface area contributed by atoms with Gasteiger partial charge < -0.3 is 14.8 Å². The maximum absolute atomic E-state index is 14.2. The summed E-state index contributed by atoms with van der Waals surface area (Å²) in [7, 11) is 0. The van der Waals surface area contributed by atoms with Gasteiger partial charge in [-0.25, -0.2) is 13.9 Å². The van der Waals surface area contributed by atoms with Gasteiger partial charge in [0.1, 0.15) is 24.2 Å². The third-order valence-electron chi connectivity index (χ3n) is 6.33. The normalized spacial score (nSPS) is 14.4. The van der Waals surface area contributed by atoms with Crippen molar-refractivity contribution in [1.82, 2.24) is 14.8 Å². The van der Waals surface area contributed by atoms with Crippen LogP contribution in [-0.2, 0) is 21.9 Å². The second-order valence-electron chi connectivity index (χ2n) is 9.20. The number of aromatic nitrogens is 3. The third kappa shape index (κ3) is 6.16. The lowest BCUT2D eigenvalue weighted by atomic mass is 9.95. The molecule has 0 saturated carbocycles. The van der Waals surface area contributed by atoms with Gasteiger partial charge in [0.15, 0.2) is 0 Å². The molecule has 1 aliphatic rings. The highest BCUT2D eigenvalue weighted by Gasteiger charge is 2.35. The van der Waals surface area contributed by atoms with Crippen LogP contribution in [0.15, 0.2) is 89.2 Å². The van der Waals surface area contributed by atoms with E-state index in [1.165, 1.54) is 17.8 Å². The molecule has 1 unspecified atom stereocenters. The van der Waals surface area contributed by atoms with Crippen LogP contribution in [0.4, 0.5) is 10.3 Å². The summed E-state index contributed by atoms with van der Waals surface area (Å²) < 4.78 is 27.5. The number of thioether (sulfide) groups is 1. The van der Waals surface area contributed by atoms with Gasteiger partial charge in [0.05, 0.1) is 12.2 Å². The minimum Gasteiger partial charge on any atom is -0.489 e. The van der Waals surface area contributed by atoms with Crippen LogP contribution in [0.3, 0.4) is 0 Å². The van der Waals surface area contributed by atoms with E-state index in [1.807, 2.05) is 62.4 Å². The number of ether oxygens (including phenoxy) is 2. The van der Waals surface area contributed by atoms with E-state index in [0.29, 0.717) is 64.1 Å². The number of carbonyl (C=O) groups is 1. The van der Waals surface area contributed by atoms with Crippen molar-refractivity contribution in [3.8, 4) is 5.75 Å². The number of carbonyl (C=O) groups excluding carboxylic acids is 1. The Morgan fingerprint density at radius 3 is 2.65 bits per heavy atom. The molecule has 0 spiro atoms. The van der Waals surface area contributed by atoms with Gasteiger partial charge in [-0.3, -0.25) is 0 Å². The SMILES string of the molecule is CCCOC(=O)C1=C(C)Nc2nc(SCc3ccccc3F)nn2C1c1cccc(OCc2ccccc2Cl)c1. The highest BCUT2D eigenvalue weighted by Crippen LogP contribution is 2.38. The first-order valence-corrected chi connectivity index (χ1v) is 14.2. The first-order valence-electron chi connectivity index (χ1n) is 12.9. The molecule has 7 nitrogen and oxygen atoms in total. The molecular formula is C30H28ClFN4O3S. The second-order valence-corrected chi connectivity index (χ2v) is 10.5. The lowest BCUT2D eigenvalue weighted by Crippen LogP contribution is -2.29. The quantitative estimate of drug-likeness (QED) is 0.158. The Morgan fingerprint density at radius 2 is 1.88 bits per heavy atom. The standard InChI is InChI=1S/C30H28ClFN4O3S/c1-3-15-38-28(37)26-19(2)33-29-34-30(40-18-22-10-5-7-14-25(22)32)35-36(29)27(26)20-11-8-12-23(16-20)39-17-21-9-4-6-13-24(21)31/h4-14,16,27H,3,15,17-18H2,1-2H3,(H,33,34,35). The largest absolute Gasteiger partial charge is 0.489 e. The number of anilines is 1. The molecule has 0 amide bonds. The number of halogens is 2. The first-order chi connectivity index (χ1) is 19.4. The Morgan fingerprint density at radius 1 is 1.10 bits per heavy atom. The molecule has 2 heterocycles. The highest BCUT2D eigenvalue weighted by molar-refractivity contribution is 7.98. The minimum absolute atomic E-state index is 0.276. The number of nitrogens with one attached hydrogen (secondary N) is 1. The summed E-state index contributed by atoms with van der Waals surface area (Å²) in [4.78, 5) is 17.9. The van der Waals surface area contributed by atoms with Crippen LogP contribution in [0, 0.1) is 5.82 Å². The van der Waals surface area contributed by atoms with Crippen molar-refractivity contribution >= 4 is 35.3 Å². The van der Waals surface area contributed by atoms with Crippen LogP contribution in [0.25, 0.3) is 0 Å². The van der Waals surface area contributed by atoms with Crippen molar-refractivity contribution in [3.63, 3.8) is 0 Å². The molecule has 0 radical (unpaired) electrons. The maximum atomic E-state index is 14.2. The van der Waals surface area contributed by atoms with E-state index >= 15 is 0 Å². The molecule has 1 N–H and O–H groups in total. The second kappa shape index (κ2) is 12.6. The van der Waals surface area contributed by atoms with Crippen molar-refractivity contribution in [2.45, 2.75) is 43.8 Å². The number of benzene rings is 3. The van der Waals surface area contributed by atoms with Crippen molar-refractivity contribution in [2.24, 2.45) is 0 Å². The van der Waals surface area contributed by atoms with Gasteiger partial charge in [-0.05, 0) is 48.7 Å². The van der Waals surface area contributed by atoms with E-state index in [4.69, 9.17) is 26.2 Å². The van der Waals surface area contributed by atoms with E-state index < -0.39 is 12.0 Å². The summed E-state index contributed by atoms with van der Waals surface area (Å²) in [5.74, 6) is 0.755. The number of allylic oxidation sites excluding steroid dienone is 1. The number of rotatable bonds is 10. The Balaban J connectivity index is 1.46. The Bertz CT molecular complexity index is 1560. The first kappa shape index (κ1) is 27.7. The maximum Gasteiger partial charge on any atom is 0.338 e. The Kier molecular flexibility index (Phi) is 8.72. The molecule has 1 aromatic heterocycles. The molecule has 1 aliphatic heterocycles. The molecule has 0 fully saturated rings. The molecule has 4 aromatic rings. The van der Waals surface area contributed by atoms with E-state index in [9.17, 15) is 9.18 Å². The fraction of sp³-hybridized carbons (Fsp3) is 0.233. The molecule has 40 heavy (non-hydrogen) atoms. The molecular weight excluding hydrogens is 551 g/mol. The van der Waals surface area contributed by atoms with Gasteiger partial charge >= 0.3 is 5.97 Å². The van der Waals surface area contributed by atoms with E-state index in [2.05, 4.69) is 10.3 Å². The minimum atomic E-state index is -0.611. The molecule has 10 heteroatoms. The summed E-state index contributed by atoms with van der Waals surface area (Å²) >= 11 is 7.62. The number of fused-ring (bicyclic) bond motifs is 1. The van der Waals surface area contributed by atoms with Crippen molar-refractivity contribution < 1.29 is 18.7 Å². The van der Waals surface area contributed by atoms with Crippen LogP contribution < -0.4 is 10.1 Å². The van der Waals surface area contributed by atoms with Crippen LogP contribution >= 0.6 is 23.4 Å².